The van der Waals surface area contributed by atoms with Crippen LogP contribution in [0.3, 0.4) is 0 Å². The van der Waals surface area contributed by atoms with Crippen molar-refractivity contribution in [3.05, 3.63) is 94.5 Å². The molecule has 168 valence electrons. The number of carbonyl (C=O) groups excluding carboxylic acids is 3. The van der Waals surface area contributed by atoms with E-state index in [9.17, 15) is 14.4 Å². The summed E-state index contributed by atoms with van der Waals surface area (Å²) >= 11 is 5.78. The normalized spacial score (nSPS) is 10.5. The zero-order valence-corrected chi connectivity index (χ0v) is 18.3. The largest absolute Gasteiger partial charge is 0.497 e. The van der Waals surface area contributed by atoms with Gasteiger partial charge in [-0.25, -0.2) is 10.2 Å². The van der Waals surface area contributed by atoms with Gasteiger partial charge in [0.25, 0.3) is 11.8 Å². The maximum absolute atomic E-state index is 12.2. The molecule has 0 bridgehead atoms. The Morgan fingerprint density at radius 1 is 0.879 bits per heavy atom. The van der Waals surface area contributed by atoms with Crippen molar-refractivity contribution in [2.75, 3.05) is 13.7 Å². The van der Waals surface area contributed by atoms with Gasteiger partial charge >= 0.3 is 5.97 Å². The molecule has 0 heterocycles. The first kappa shape index (κ1) is 23.5. The standard InChI is InChI=1S/C24H20ClN3O5/c1-32-20-12-6-18(7-13-20)24(31)33-21-10-2-16(3-11-21)14-27-28-22(29)15-26-23(30)17-4-8-19(25)9-5-17/h2-14H,15H2,1H3,(H,26,30)(H,28,29)/b27-14+. The Kier molecular flexibility index (Phi) is 8.15. The number of ether oxygens (including phenoxy) is 2. The molecule has 0 unspecified atom stereocenters. The Hall–Kier alpha value is -4.17. The number of nitrogens with zero attached hydrogens (tertiary/aromatic N) is 1. The molecule has 9 heteroatoms. The molecule has 0 aliphatic rings. The molecule has 0 aliphatic carbocycles. The zero-order valence-electron chi connectivity index (χ0n) is 17.6. The lowest BCUT2D eigenvalue weighted by atomic mass is 10.2. The number of benzene rings is 3. The average molecular weight is 466 g/mol. The number of esters is 1. The molecule has 2 N–H and O–H groups in total. The smallest absolute Gasteiger partial charge is 0.343 e. The fraction of sp³-hybridized carbons (Fsp3) is 0.0833. The van der Waals surface area contributed by atoms with E-state index in [0.717, 1.165) is 0 Å². The summed E-state index contributed by atoms with van der Waals surface area (Å²) in [5.74, 6) is -0.371. The second-order valence-electron chi connectivity index (χ2n) is 6.67. The lowest BCUT2D eigenvalue weighted by Crippen LogP contribution is -2.34. The minimum Gasteiger partial charge on any atom is -0.497 e. The molecule has 0 spiro atoms. The summed E-state index contributed by atoms with van der Waals surface area (Å²) < 4.78 is 10.4. The predicted molar refractivity (Wildman–Crippen MR) is 124 cm³/mol. The van der Waals surface area contributed by atoms with Crippen molar-refractivity contribution in [1.29, 1.82) is 0 Å². The first-order valence-corrected chi connectivity index (χ1v) is 10.1. The highest BCUT2D eigenvalue weighted by atomic mass is 35.5. The van der Waals surface area contributed by atoms with Crippen LogP contribution in [-0.2, 0) is 4.79 Å². The van der Waals surface area contributed by atoms with E-state index in [1.807, 2.05) is 0 Å². The van der Waals surface area contributed by atoms with E-state index in [1.165, 1.54) is 6.21 Å². The van der Waals surface area contributed by atoms with E-state index >= 15 is 0 Å². The monoisotopic (exact) mass is 465 g/mol. The zero-order chi connectivity index (χ0) is 23.6. The minimum atomic E-state index is -0.494. The number of methoxy groups -OCH3 is 1. The fourth-order valence-corrected chi connectivity index (χ4v) is 2.72. The Morgan fingerprint density at radius 2 is 1.48 bits per heavy atom. The Balaban J connectivity index is 1.44. The molecular weight excluding hydrogens is 446 g/mol. The first-order valence-electron chi connectivity index (χ1n) is 9.76. The number of rotatable bonds is 8. The molecule has 0 saturated carbocycles. The predicted octanol–water partition coefficient (Wildman–Crippen LogP) is 3.45. The third kappa shape index (κ3) is 7.19. The van der Waals surface area contributed by atoms with E-state index in [4.69, 9.17) is 21.1 Å². The third-order valence-corrected chi connectivity index (χ3v) is 4.59. The molecule has 0 atom stereocenters. The summed E-state index contributed by atoms with van der Waals surface area (Å²) in [6.07, 6.45) is 1.42. The topological polar surface area (TPSA) is 106 Å². The fourth-order valence-electron chi connectivity index (χ4n) is 2.60. The van der Waals surface area contributed by atoms with Gasteiger partial charge in [0.15, 0.2) is 0 Å². The van der Waals surface area contributed by atoms with Crippen molar-refractivity contribution in [1.82, 2.24) is 10.7 Å². The van der Waals surface area contributed by atoms with Crippen LogP contribution in [0.1, 0.15) is 26.3 Å². The van der Waals surface area contributed by atoms with Crippen LogP contribution >= 0.6 is 11.6 Å². The van der Waals surface area contributed by atoms with E-state index in [0.29, 0.717) is 33.2 Å². The summed E-state index contributed by atoms with van der Waals surface area (Å²) in [6, 6.07) is 19.4. The Bertz CT molecular complexity index is 1140. The van der Waals surface area contributed by atoms with Crippen molar-refractivity contribution >= 4 is 35.6 Å². The van der Waals surface area contributed by atoms with Gasteiger partial charge in [0.05, 0.1) is 25.4 Å². The number of nitrogens with one attached hydrogen (secondary N) is 2. The maximum Gasteiger partial charge on any atom is 0.343 e. The summed E-state index contributed by atoms with van der Waals surface area (Å²) in [5, 5.41) is 6.85. The summed E-state index contributed by atoms with van der Waals surface area (Å²) in [7, 11) is 1.55. The highest BCUT2D eigenvalue weighted by molar-refractivity contribution is 6.30. The van der Waals surface area contributed by atoms with Gasteiger partial charge in [-0.15, -0.1) is 0 Å². The Labute approximate surface area is 195 Å². The molecular formula is C24H20ClN3O5. The molecule has 0 radical (unpaired) electrons. The third-order valence-electron chi connectivity index (χ3n) is 4.34. The highest BCUT2D eigenvalue weighted by Gasteiger charge is 2.09. The van der Waals surface area contributed by atoms with Crippen LogP contribution in [0.15, 0.2) is 77.9 Å². The second-order valence-corrected chi connectivity index (χ2v) is 7.11. The number of hydrogen-bond acceptors (Lipinski definition) is 6. The number of amides is 2. The van der Waals surface area contributed by atoms with Crippen molar-refractivity contribution < 1.29 is 23.9 Å². The van der Waals surface area contributed by atoms with E-state index < -0.39 is 17.8 Å². The lowest BCUT2D eigenvalue weighted by Gasteiger charge is -2.06. The molecule has 8 nitrogen and oxygen atoms in total. The molecule has 3 rings (SSSR count). The van der Waals surface area contributed by atoms with E-state index in [1.54, 1.807) is 79.9 Å². The van der Waals surface area contributed by atoms with Gasteiger partial charge in [-0.05, 0) is 78.4 Å². The van der Waals surface area contributed by atoms with Crippen LogP contribution in [0.25, 0.3) is 0 Å². The molecule has 0 aromatic heterocycles. The van der Waals surface area contributed by atoms with Crippen LogP contribution in [0.2, 0.25) is 5.02 Å². The maximum atomic E-state index is 12.2. The van der Waals surface area contributed by atoms with Crippen molar-refractivity contribution in [2.24, 2.45) is 5.10 Å². The molecule has 3 aromatic carbocycles. The van der Waals surface area contributed by atoms with E-state index in [-0.39, 0.29) is 6.54 Å². The van der Waals surface area contributed by atoms with Gasteiger partial charge in [-0.3, -0.25) is 9.59 Å². The number of carbonyl (C=O) groups is 3. The van der Waals surface area contributed by atoms with Crippen molar-refractivity contribution in [2.45, 2.75) is 0 Å². The summed E-state index contributed by atoms with van der Waals surface area (Å²) in [4.78, 5) is 36.0. The number of halogens is 1. The molecule has 0 fully saturated rings. The highest BCUT2D eigenvalue weighted by Crippen LogP contribution is 2.16. The van der Waals surface area contributed by atoms with Crippen LogP contribution in [0, 0.1) is 0 Å². The molecule has 3 aromatic rings. The van der Waals surface area contributed by atoms with Gasteiger partial charge in [0.2, 0.25) is 0 Å². The lowest BCUT2D eigenvalue weighted by molar-refractivity contribution is -0.120. The van der Waals surface area contributed by atoms with Crippen molar-refractivity contribution in [3.63, 3.8) is 0 Å². The SMILES string of the molecule is COc1ccc(C(=O)Oc2ccc(/C=N/NC(=O)CNC(=O)c3ccc(Cl)cc3)cc2)cc1. The quantitative estimate of drug-likeness (QED) is 0.229. The number of hydrogen-bond donors (Lipinski definition) is 2. The van der Waals surface area contributed by atoms with Gasteiger partial charge in [-0.1, -0.05) is 11.6 Å². The van der Waals surface area contributed by atoms with E-state index in [2.05, 4.69) is 15.8 Å². The summed E-state index contributed by atoms with van der Waals surface area (Å²) in [6.45, 7) is -0.237. The van der Waals surface area contributed by atoms with Crippen LogP contribution in [0.4, 0.5) is 0 Å². The second kappa shape index (κ2) is 11.4. The van der Waals surface area contributed by atoms with Gasteiger partial charge in [0, 0.05) is 10.6 Å². The molecule has 0 aliphatic heterocycles. The van der Waals surface area contributed by atoms with Gasteiger partial charge < -0.3 is 14.8 Å². The minimum absolute atomic E-state index is 0.237. The number of hydrazone groups is 1. The molecule has 33 heavy (non-hydrogen) atoms. The van der Waals surface area contributed by atoms with Crippen LogP contribution < -0.4 is 20.2 Å². The molecule has 0 saturated heterocycles. The van der Waals surface area contributed by atoms with Crippen LogP contribution in [-0.4, -0.2) is 37.7 Å². The van der Waals surface area contributed by atoms with Gasteiger partial charge in [0.1, 0.15) is 11.5 Å². The average Bonchev–Trinajstić information content (AvgIpc) is 2.84. The van der Waals surface area contributed by atoms with Gasteiger partial charge in [-0.2, -0.15) is 5.10 Å². The summed E-state index contributed by atoms with van der Waals surface area (Å²) in [5.41, 5.74) is 3.78. The van der Waals surface area contributed by atoms with Crippen LogP contribution in [0.5, 0.6) is 11.5 Å². The van der Waals surface area contributed by atoms with Crippen molar-refractivity contribution in [3.8, 4) is 11.5 Å². The molecule has 2 amide bonds. The Morgan fingerprint density at radius 3 is 2.12 bits per heavy atom. The first-order chi connectivity index (χ1) is 15.9.